The quantitative estimate of drug-likeness (QED) is 0.173. The van der Waals surface area contributed by atoms with Crippen molar-refractivity contribution in [3.8, 4) is 11.3 Å². The van der Waals surface area contributed by atoms with Crippen LogP contribution in [0.1, 0.15) is 15.9 Å². The van der Waals surface area contributed by atoms with Gasteiger partial charge in [-0.15, -0.1) is 23.1 Å². The molecule has 1 heterocycles. The normalized spacial score (nSPS) is 10.5. The molecule has 1 aromatic heterocycles. The van der Waals surface area contributed by atoms with E-state index < -0.39 is 4.92 Å². The number of amides is 2. The van der Waals surface area contributed by atoms with Gasteiger partial charge in [-0.3, -0.25) is 19.7 Å². The van der Waals surface area contributed by atoms with Crippen molar-refractivity contribution in [1.29, 1.82) is 0 Å². The lowest BCUT2D eigenvalue weighted by atomic mass is 10.1. The highest BCUT2D eigenvalue weighted by Crippen LogP contribution is 2.28. The topological polar surface area (TPSA) is 114 Å². The summed E-state index contributed by atoms with van der Waals surface area (Å²) in [5.74, 6) is -0.267. The van der Waals surface area contributed by atoms with Gasteiger partial charge in [0.15, 0.2) is 5.13 Å². The first-order chi connectivity index (χ1) is 16.9. The molecule has 4 rings (SSSR count). The molecule has 8 nitrogen and oxygen atoms in total. The third kappa shape index (κ3) is 6.31. The highest BCUT2D eigenvalue weighted by Gasteiger charge is 2.13. The summed E-state index contributed by atoms with van der Waals surface area (Å²) in [5.41, 5.74) is 3.29. The summed E-state index contributed by atoms with van der Waals surface area (Å²) >= 11 is 2.58. The summed E-state index contributed by atoms with van der Waals surface area (Å²) in [6.45, 7) is 1.88. The maximum Gasteiger partial charge on any atom is 0.270 e. The zero-order valence-electron chi connectivity index (χ0n) is 18.6. The summed E-state index contributed by atoms with van der Waals surface area (Å²) in [7, 11) is 0. The second-order valence-corrected chi connectivity index (χ2v) is 9.39. The van der Waals surface area contributed by atoms with Crippen molar-refractivity contribution in [2.75, 3.05) is 16.4 Å². The lowest BCUT2D eigenvalue weighted by Gasteiger charge is -2.09. The van der Waals surface area contributed by atoms with Gasteiger partial charge in [-0.1, -0.05) is 36.4 Å². The predicted octanol–water partition coefficient (Wildman–Crippen LogP) is 6.01. The average Bonchev–Trinajstić information content (AvgIpc) is 3.32. The van der Waals surface area contributed by atoms with Crippen molar-refractivity contribution in [1.82, 2.24) is 4.98 Å². The number of nitro groups is 1. The number of non-ortho nitro benzene ring substituents is 1. The number of hydrogen-bond acceptors (Lipinski definition) is 7. The molecule has 0 aliphatic carbocycles. The van der Waals surface area contributed by atoms with Gasteiger partial charge in [-0.05, 0) is 36.8 Å². The standard InChI is InChI=1S/C25H20N4O4S2/c1-16-6-2-3-11-21(16)24(31)26-18-8-5-10-20(13-18)34-15-23(30)28-25-27-22(14-35-25)17-7-4-9-19(12-17)29(32)33/h2-14H,15H2,1H3,(H,26,31)(H,27,28,30). The van der Waals surface area contributed by atoms with Gasteiger partial charge < -0.3 is 10.6 Å². The highest BCUT2D eigenvalue weighted by atomic mass is 32.2. The zero-order valence-corrected chi connectivity index (χ0v) is 20.2. The maximum atomic E-state index is 12.6. The molecule has 0 radical (unpaired) electrons. The molecule has 0 fully saturated rings. The molecule has 35 heavy (non-hydrogen) atoms. The van der Waals surface area contributed by atoms with Crippen LogP contribution in [0, 0.1) is 17.0 Å². The molecule has 0 unspecified atom stereocenters. The average molecular weight is 505 g/mol. The molecule has 0 saturated carbocycles. The molecule has 0 spiro atoms. The molecule has 4 aromatic rings. The molecule has 0 aliphatic rings. The summed E-state index contributed by atoms with van der Waals surface area (Å²) in [5, 5.41) is 18.8. The number of hydrogen-bond donors (Lipinski definition) is 2. The van der Waals surface area contributed by atoms with Gasteiger partial charge in [0, 0.05) is 39.2 Å². The Morgan fingerprint density at radius 2 is 1.83 bits per heavy atom. The lowest BCUT2D eigenvalue weighted by molar-refractivity contribution is -0.384. The van der Waals surface area contributed by atoms with E-state index in [2.05, 4.69) is 15.6 Å². The smallest absolute Gasteiger partial charge is 0.270 e. The molecular formula is C25H20N4O4S2. The van der Waals surface area contributed by atoms with E-state index in [0.29, 0.717) is 27.6 Å². The fraction of sp³-hybridized carbons (Fsp3) is 0.0800. The number of aryl methyl sites for hydroxylation is 1. The second kappa shape index (κ2) is 10.9. The van der Waals surface area contributed by atoms with Crippen LogP contribution in [0.4, 0.5) is 16.5 Å². The minimum absolute atomic E-state index is 0.0187. The van der Waals surface area contributed by atoms with Crippen LogP contribution in [0.2, 0.25) is 0 Å². The third-order valence-corrected chi connectivity index (χ3v) is 6.71. The van der Waals surface area contributed by atoms with E-state index in [1.807, 2.05) is 43.3 Å². The molecule has 0 saturated heterocycles. The largest absolute Gasteiger partial charge is 0.322 e. The first kappa shape index (κ1) is 24.1. The second-order valence-electron chi connectivity index (χ2n) is 7.48. The van der Waals surface area contributed by atoms with Crippen molar-refractivity contribution in [2.24, 2.45) is 0 Å². The first-order valence-corrected chi connectivity index (χ1v) is 12.4. The van der Waals surface area contributed by atoms with E-state index in [-0.39, 0.29) is 23.3 Å². The molecule has 0 aliphatic heterocycles. The van der Waals surface area contributed by atoms with Gasteiger partial charge in [0.25, 0.3) is 11.6 Å². The van der Waals surface area contributed by atoms with E-state index >= 15 is 0 Å². The minimum Gasteiger partial charge on any atom is -0.322 e. The van der Waals surface area contributed by atoms with Crippen LogP contribution in [0.15, 0.2) is 83.1 Å². The van der Waals surface area contributed by atoms with Crippen LogP contribution >= 0.6 is 23.1 Å². The van der Waals surface area contributed by atoms with Gasteiger partial charge in [0.2, 0.25) is 5.91 Å². The van der Waals surface area contributed by atoms with Gasteiger partial charge in [0.1, 0.15) is 0 Å². The van der Waals surface area contributed by atoms with E-state index in [1.165, 1.54) is 35.2 Å². The maximum absolute atomic E-state index is 12.6. The summed E-state index contributed by atoms with van der Waals surface area (Å²) < 4.78 is 0. The molecule has 10 heteroatoms. The molecule has 2 amide bonds. The molecular weight excluding hydrogens is 484 g/mol. The van der Waals surface area contributed by atoms with Crippen molar-refractivity contribution in [3.63, 3.8) is 0 Å². The number of carbonyl (C=O) groups excluding carboxylic acids is 2. The van der Waals surface area contributed by atoms with Crippen molar-refractivity contribution < 1.29 is 14.5 Å². The van der Waals surface area contributed by atoms with Crippen molar-refractivity contribution >= 4 is 51.4 Å². The number of nitro benzene ring substituents is 1. The fourth-order valence-electron chi connectivity index (χ4n) is 3.24. The van der Waals surface area contributed by atoms with Crippen LogP contribution in [-0.4, -0.2) is 27.5 Å². The molecule has 0 atom stereocenters. The Morgan fingerprint density at radius 3 is 2.63 bits per heavy atom. The fourth-order valence-corrected chi connectivity index (χ4v) is 4.73. The number of anilines is 2. The monoisotopic (exact) mass is 504 g/mol. The Kier molecular flexibility index (Phi) is 7.54. The van der Waals surface area contributed by atoms with Gasteiger partial charge in [-0.2, -0.15) is 0 Å². The zero-order chi connectivity index (χ0) is 24.8. The summed E-state index contributed by atoms with van der Waals surface area (Å²) in [6, 6.07) is 20.9. The van der Waals surface area contributed by atoms with Crippen LogP contribution in [0.25, 0.3) is 11.3 Å². The predicted molar refractivity (Wildman–Crippen MR) is 139 cm³/mol. The van der Waals surface area contributed by atoms with E-state index in [0.717, 1.165) is 10.5 Å². The molecule has 176 valence electrons. The number of benzene rings is 3. The minimum atomic E-state index is -0.459. The number of nitrogens with zero attached hydrogens (tertiary/aromatic N) is 2. The number of rotatable bonds is 8. The van der Waals surface area contributed by atoms with Gasteiger partial charge in [-0.25, -0.2) is 4.98 Å². The van der Waals surface area contributed by atoms with E-state index in [4.69, 9.17) is 0 Å². The Balaban J connectivity index is 1.33. The van der Waals surface area contributed by atoms with Crippen LogP contribution in [0.3, 0.4) is 0 Å². The molecule has 2 N–H and O–H groups in total. The Labute approximate surface area is 209 Å². The Hall–Kier alpha value is -4.02. The number of thioether (sulfide) groups is 1. The summed E-state index contributed by atoms with van der Waals surface area (Å²) in [6.07, 6.45) is 0. The van der Waals surface area contributed by atoms with E-state index in [9.17, 15) is 19.7 Å². The van der Waals surface area contributed by atoms with Gasteiger partial charge >= 0.3 is 0 Å². The van der Waals surface area contributed by atoms with Crippen LogP contribution in [-0.2, 0) is 4.79 Å². The molecule has 3 aromatic carbocycles. The summed E-state index contributed by atoms with van der Waals surface area (Å²) in [4.78, 5) is 40.7. The lowest BCUT2D eigenvalue weighted by Crippen LogP contribution is -2.14. The SMILES string of the molecule is Cc1ccccc1C(=O)Nc1cccc(SCC(=O)Nc2nc(-c3cccc([N+](=O)[O-])c3)cs2)c1. The van der Waals surface area contributed by atoms with Crippen molar-refractivity contribution in [2.45, 2.75) is 11.8 Å². The van der Waals surface area contributed by atoms with Crippen molar-refractivity contribution in [3.05, 3.63) is 99.4 Å². The Morgan fingerprint density at radius 1 is 1.03 bits per heavy atom. The Bertz CT molecular complexity index is 1400. The number of carbonyl (C=O) groups is 2. The third-order valence-electron chi connectivity index (χ3n) is 4.95. The number of thiazole rings is 1. The number of aromatic nitrogens is 1. The van der Waals surface area contributed by atoms with Crippen LogP contribution in [0.5, 0.6) is 0 Å². The van der Waals surface area contributed by atoms with E-state index in [1.54, 1.807) is 29.6 Å². The first-order valence-electron chi connectivity index (χ1n) is 10.5. The highest BCUT2D eigenvalue weighted by molar-refractivity contribution is 8.00. The van der Waals surface area contributed by atoms with Crippen LogP contribution < -0.4 is 10.6 Å². The number of nitrogens with one attached hydrogen (secondary N) is 2. The molecule has 0 bridgehead atoms. The van der Waals surface area contributed by atoms with Gasteiger partial charge in [0.05, 0.1) is 16.4 Å².